The van der Waals surface area contributed by atoms with Crippen LogP contribution in [0.15, 0.2) is 24.3 Å². The predicted molar refractivity (Wildman–Crippen MR) is 80.9 cm³/mol. The van der Waals surface area contributed by atoms with Crippen molar-refractivity contribution in [1.29, 1.82) is 0 Å². The van der Waals surface area contributed by atoms with E-state index < -0.39 is 0 Å². The number of benzene rings is 1. The normalized spacial score (nSPS) is 13.9. The number of esters is 1. The average molecular weight is 278 g/mol. The molecule has 3 nitrogen and oxygen atoms in total. The fourth-order valence-electron chi connectivity index (χ4n) is 2.11. The van der Waals surface area contributed by atoms with Crippen LogP contribution in [0.1, 0.15) is 39.7 Å². The van der Waals surface area contributed by atoms with E-state index in [1.807, 2.05) is 39.0 Å². The van der Waals surface area contributed by atoms with Crippen molar-refractivity contribution in [2.24, 2.45) is 11.8 Å². The van der Waals surface area contributed by atoms with Crippen LogP contribution in [0.2, 0.25) is 0 Å². The zero-order chi connectivity index (χ0) is 15.1. The third kappa shape index (κ3) is 4.87. The van der Waals surface area contributed by atoms with Gasteiger partial charge in [0.05, 0.1) is 19.1 Å². The first-order valence-electron chi connectivity index (χ1n) is 7.28. The molecular weight excluding hydrogens is 252 g/mol. The summed E-state index contributed by atoms with van der Waals surface area (Å²) in [5.74, 6) is 1.02. The van der Waals surface area contributed by atoms with Crippen molar-refractivity contribution in [3.05, 3.63) is 29.8 Å². The van der Waals surface area contributed by atoms with Crippen molar-refractivity contribution in [3.63, 3.8) is 0 Å². The lowest BCUT2D eigenvalue weighted by atomic mass is 9.90. The molecule has 1 aromatic rings. The molecule has 3 heteroatoms. The third-order valence-corrected chi connectivity index (χ3v) is 3.64. The molecule has 0 bridgehead atoms. The van der Waals surface area contributed by atoms with Gasteiger partial charge in [-0.05, 0) is 44.2 Å². The highest BCUT2D eigenvalue weighted by Gasteiger charge is 2.22. The second kappa shape index (κ2) is 7.93. The molecule has 0 radical (unpaired) electrons. The van der Waals surface area contributed by atoms with E-state index in [0.717, 1.165) is 18.6 Å². The van der Waals surface area contributed by atoms with Crippen LogP contribution >= 0.6 is 0 Å². The molecule has 0 aliphatic heterocycles. The molecule has 0 aliphatic rings. The van der Waals surface area contributed by atoms with Gasteiger partial charge in [0, 0.05) is 0 Å². The summed E-state index contributed by atoms with van der Waals surface area (Å²) in [5, 5.41) is 0. The summed E-state index contributed by atoms with van der Waals surface area (Å²) in [6.07, 6.45) is 1.80. The quantitative estimate of drug-likeness (QED) is 0.711. The van der Waals surface area contributed by atoms with Gasteiger partial charge in [0.2, 0.25) is 0 Å². The van der Waals surface area contributed by atoms with Crippen molar-refractivity contribution in [2.75, 3.05) is 7.11 Å². The van der Waals surface area contributed by atoms with Crippen molar-refractivity contribution in [3.8, 4) is 5.75 Å². The van der Waals surface area contributed by atoms with Gasteiger partial charge >= 0.3 is 5.97 Å². The first kappa shape index (κ1) is 16.5. The molecule has 0 amide bonds. The van der Waals surface area contributed by atoms with E-state index in [2.05, 4.69) is 13.0 Å². The summed E-state index contributed by atoms with van der Waals surface area (Å²) in [7, 11) is 1.69. The summed E-state index contributed by atoms with van der Waals surface area (Å²) in [6, 6.07) is 8.02. The van der Waals surface area contributed by atoms with Gasteiger partial charge in [-0.25, -0.2) is 0 Å². The van der Waals surface area contributed by atoms with Crippen molar-refractivity contribution in [1.82, 2.24) is 0 Å². The smallest absolute Gasteiger partial charge is 0.309 e. The highest BCUT2D eigenvalue weighted by atomic mass is 16.5. The minimum absolute atomic E-state index is 0.0497. The highest BCUT2D eigenvalue weighted by Crippen LogP contribution is 2.24. The number of aryl methyl sites for hydroxylation is 1. The van der Waals surface area contributed by atoms with Crippen LogP contribution in [0.5, 0.6) is 5.75 Å². The summed E-state index contributed by atoms with van der Waals surface area (Å²) in [6.45, 7) is 7.80. The minimum Gasteiger partial charge on any atom is -0.496 e. The van der Waals surface area contributed by atoms with Gasteiger partial charge in [-0.1, -0.05) is 32.0 Å². The number of ether oxygens (including phenoxy) is 2. The van der Waals surface area contributed by atoms with E-state index in [1.54, 1.807) is 7.11 Å². The zero-order valence-electron chi connectivity index (χ0n) is 13.2. The standard InChI is InChI=1S/C17H26O3/c1-12(2)20-17(18)14(4)13(3)10-11-15-8-6-7-9-16(15)19-5/h6-9,12-14H,10-11H2,1-5H3. The van der Waals surface area contributed by atoms with E-state index in [1.165, 1.54) is 5.56 Å². The maximum atomic E-state index is 11.9. The topological polar surface area (TPSA) is 35.5 Å². The highest BCUT2D eigenvalue weighted by molar-refractivity contribution is 5.72. The van der Waals surface area contributed by atoms with Crippen LogP contribution in [0.4, 0.5) is 0 Å². The van der Waals surface area contributed by atoms with Crippen LogP contribution < -0.4 is 4.74 Å². The molecule has 0 heterocycles. The Labute approximate surface area is 122 Å². The van der Waals surface area contributed by atoms with Crippen LogP contribution in [0.3, 0.4) is 0 Å². The van der Waals surface area contributed by atoms with Crippen molar-refractivity contribution < 1.29 is 14.3 Å². The number of hydrogen-bond acceptors (Lipinski definition) is 3. The summed E-state index contributed by atoms with van der Waals surface area (Å²) in [4.78, 5) is 11.9. The molecule has 1 aromatic carbocycles. The Morgan fingerprint density at radius 3 is 2.40 bits per heavy atom. The fraction of sp³-hybridized carbons (Fsp3) is 0.588. The van der Waals surface area contributed by atoms with Crippen LogP contribution in [0.25, 0.3) is 0 Å². The number of rotatable bonds is 7. The second-order valence-corrected chi connectivity index (χ2v) is 5.60. The third-order valence-electron chi connectivity index (χ3n) is 3.64. The first-order valence-corrected chi connectivity index (χ1v) is 7.28. The SMILES string of the molecule is COc1ccccc1CCC(C)C(C)C(=O)OC(C)C. The molecule has 2 unspecified atom stereocenters. The van der Waals surface area contributed by atoms with Gasteiger partial charge in [0.15, 0.2) is 0 Å². The molecule has 0 fully saturated rings. The number of carbonyl (C=O) groups is 1. The zero-order valence-corrected chi connectivity index (χ0v) is 13.2. The first-order chi connectivity index (χ1) is 9.45. The lowest BCUT2D eigenvalue weighted by molar-refractivity contribution is -0.153. The lowest BCUT2D eigenvalue weighted by Gasteiger charge is -2.20. The van der Waals surface area contributed by atoms with Crippen LogP contribution in [-0.2, 0) is 16.0 Å². The van der Waals surface area contributed by atoms with Crippen LogP contribution in [-0.4, -0.2) is 19.2 Å². The Morgan fingerprint density at radius 2 is 1.80 bits per heavy atom. The molecule has 0 aromatic heterocycles. The maximum absolute atomic E-state index is 11.9. The summed E-state index contributed by atoms with van der Waals surface area (Å²) < 4.78 is 10.6. The minimum atomic E-state index is -0.104. The molecule has 0 spiro atoms. The van der Waals surface area contributed by atoms with E-state index in [9.17, 15) is 4.79 Å². The molecule has 2 atom stereocenters. The van der Waals surface area contributed by atoms with Gasteiger partial charge in [0.25, 0.3) is 0 Å². The maximum Gasteiger partial charge on any atom is 0.309 e. The largest absolute Gasteiger partial charge is 0.496 e. The Balaban J connectivity index is 2.54. The molecule has 20 heavy (non-hydrogen) atoms. The Hall–Kier alpha value is -1.51. The van der Waals surface area contributed by atoms with Gasteiger partial charge in [-0.15, -0.1) is 0 Å². The van der Waals surface area contributed by atoms with E-state index in [-0.39, 0.29) is 23.9 Å². The number of hydrogen-bond donors (Lipinski definition) is 0. The lowest BCUT2D eigenvalue weighted by Crippen LogP contribution is -2.24. The molecule has 0 saturated heterocycles. The van der Waals surface area contributed by atoms with E-state index in [4.69, 9.17) is 9.47 Å². The van der Waals surface area contributed by atoms with E-state index in [0.29, 0.717) is 0 Å². The Bertz CT molecular complexity index is 426. The second-order valence-electron chi connectivity index (χ2n) is 5.60. The Kier molecular flexibility index (Phi) is 6.56. The Morgan fingerprint density at radius 1 is 1.15 bits per heavy atom. The number of para-hydroxylation sites is 1. The monoisotopic (exact) mass is 278 g/mol. The average Bonchev–Trinajstić information content (AvgIpc) is 2.43. The van der Waals surface area contributed by atoms with Crippen LogP contribution in [0, 0.1) is 11.8 Å². The van der Waals surface area contributed by atoms with Gasteiger partial charge in [0.1, 0.15) is 5.75 Å². The molecule has 0 N–H and O–H groups in total. The molecule has 0 saturated carbocycles. The van der Waals surface area contributed by atoms with Gasteiger partial charge in [-0.2, -0.15) is 0 Å². The molecule has 0 aliphatic carbocycles. The van der Waals surface area contributed by atoms with Gasteiger partial charge < -0.3 is 9.47 Å². The van der Waals surface area contributed by atoms with Gasteiger partial charge in [-0.3, -0.25) is 4.79 Å². The molecule has 112 valence electrons. The molecule has 1 rings (SSSR count). The fourth-order valence-corrected chi connectivity index (χ4v) is 2.11. The predicted octanol–water partition coefficient (Wildman–Crippen LogP) is 3.85. The summed E-state index contributed by atoms with van der Waals surface area (Å²) in [5.41, 5.74) is 1.19. The summed E-state index contributed by atoms with van der Waals surface area (Å²) >= 11 is 0. The molecular formula is C17H26O3. The van der Waals surface area contributed by atoms with Crippen molar-refractivity contribution >= 4 is 5.97 Å². The number of methoxy groups -OCH3 is 1. The number of carbonyl (C=O) groups excluding carboxylic acids is 1. The van der Waals surface area contributed by atoms with E-state index >= 15 is 0 Å². The van der Waals surface area contributed by atoms with Crippen molar-refractivity contribution in [2.45, 2.75) is 46.6 Å².